The van der Waals surface area contributed by atoms with Crippen LogP contribution in [0.1, 0.15) is 19.8 Å². The smallest absolute Gasteiger partial charge is 0.322 e. The Balaban J connectivity index is 1.45. The highest BCUT2D eigenvalue weighted by Gasteiger charge is 2.29. The molecule has 1 N–H and O–H groups in total. The summed E-state index contributed by atoms with van der Waals surface area (Å²) >= 11 is 1.56. The van der Waals surface area contributed by atoms with Gasteiger partial charge >= 0.3 is 6.03 Å². The van der Waals surface area contributed by atoms with E-state index in [9.17, 15) is 4.79 Å². The Morgan fingerprint density at radius 3 is 3.19 bits per heavy atom. The second kappa shape index (κ2) is 7.41. The quantitative estimate of drug-likeness (QED) is 0.690. The zero-order chi connectivity index (χ0) is 17.9. The van der Waals surface area contributed by atoms with E-state index in [0.29, 0.717) is 10.8 Å². The molecule has 0 radical (unpaired) electrons. The number of fused-ring (bicyclic) bond motifs is 1. The molecule has 1 aliphatic rings. The molecule has 1 fully saturated rings. The number of nitrogens with zero attached hydrogens (tertiary/aromatic N) is 4. The van der Waals surface area contributed by atoms with Gasteiger partial charge in [-0.2, -0.15) is 5.10 Å². The first-order chi connectivity index (χ1) is 12.7. The SMILES string of the molecule is CCSc1nc2ccc(NC(=O)N3CCC[C@@H]3Cn3cccn3)cc2o1. The molecule has 0 unspecified atom stereocenters. The lowest BCUT2D eigenvalue weighted by Gasteiger charge is -2.25. The Kier molecular flexibility index (Phi) is 4.83. The normalized spacial score (nSPS) is 17.1. The van der Waals surface area contributed by atoms with Gasteiger partial charge in [0.05, 0.1) is 12.6 Å². The monoisotopic (exact) mass is 371 g/mol. The summed E-state index contributed by atoms with van der Waals surface area (Å²) < 4.78 is 7.60. The zero-order valence-electron chi connectivity index (χ0n) is 14.6. The number of aromatic nitrogens is 3. The van der Waals surface area contributed by atoms with E-state index in [0.717, 1.165) is 42.9 Å². The fourth-order valence-corrected chi connectivity index (χ4v) is 3.84. The molecular weight excluding hydrogens is 350 g/mol. The number of amides is 2. The Morgan fingerprint density at radius 1 is 1.46 bits per heavy atom. The number of anilines is 1. The van der Waals surface area contributed by atoms with Crippen LogP contribution in [0.2, 0.25) is 0 Å². The molecule has 8 heteroatoms. The predicted octanol–water partition coefficient (Wildman–Crippen LogP) is 3.83. The topological polar surface area (TPSA) is 76.2 Å². The lowest BCUT2D eigenvalue weighted by Crippen LogP contribution is -2.40. The molecule has 26 heavy (non-hydrogen) atoms. The van der Waals surface area contributed by atoms with Crippen molar-refractivity contribution < 1.29 is 9.21 Å². The molecule has 0 saturated carbocycles. The molecule has 1 aromatic carbocycles. The molecule has 1 aliphatic heterocycles. The summed E-state index contributed by atoms with van der Waals surface area (Å²) in [6.45, 7) is 3.54. The van der Waals surface area contributed by atoms with Gasteiger partial charge in [-0.15, -0.1) is 0 Å². The highest BCUT2D eigenvalue weighted by molar-refractivity contribution is 7.99. The zero-order valence-corrected chi connectivity index (χ0v) is 15.4. The number of thioether (sulfide) groups is 1. The number of hydrogen-bond acceptors (Lipinski definition) is 5. The van der Waals surface area contributed by atoms with Crippen molar-refractivity contribution in [3.05, 3.63) is 36.7 Å². The van der Waals surface area contributed by atoms with E-state index in [2.05, 4.69) is 22.3 Å². The molecule has 2 aromatic heterocycles. The van der Waals surface area contributed by atoms with Crippen LogP contribution in [-0.4, -0.2) is 44.0 Å². The van der Waals surface area contributed by atoms with Crippen LogP contribution in [0.4, 0.5) is 10.5 Å². The molecule has 0 bridgehead atoms. The number of urea groups is 1. The van der Waals surface area contributed by atoms with E-state index in [1.807, 2.05) is 40.0 Å². The first-order valence-electron chi connectivity index (χ1n) is 8.81. The Labute approximate surface area is 155 Å². The minimum Gasteiger partial charge on any atom is -0.431 e. The van der Waals surface area contributed by atoms with Gasteiger partial charge < -0.3 is 14.6 Å². The Morgan fingerprint density at radius 2 is 2.38 bits per heavy atom. The van der Waals surface area contributed by atoms with Gasteiger partial charge in [-0.05, 0) is 36.8 Å². The van der Waals surface area contributed by atoms with Gasteiger partial charge in [-0.1, -0.05) is 18.7 Å². The summed E-state index contributed by atoms with van der Waals surface area (Å²) in [5, 5.41) is 7.89. The number of oxazole rings is 1. The number of benzene rings is 1. The molecule has 3 heterocycles. The van der Waals surface area contributed by atoms with E-state index in [-0.39, 0.29) is 12.1 Å². The van der Waals surface area contributed by atoms with Gasteiger partial charge in [0.2, 0.25) is 0 Å². The minimum atomic E-state index is -0.0818. The average molecular weight is 371 g/mol. The summed E-state index contributed by atoms with van der Waals surface area (Å²) in [4.78, 5) is 19.0. The van der Waals surface area contributed by atoms with Gasteiger partial charge in [-0.25, -0.2) is 9.78 Å². The van der Waals surface area contributed by atoms with E-state index in [4.69, 9.17) is 4.42 Å². The average Bonchev–Trinajstić information content (AvgIpc) is 3.35. The molecule has 136 valence electrons. The fourth-order valence-electron chi connectivity index (χ4n) is 3.28. The van der Waals surface area contributed by atoms with Crippen molar-refractivity contribution in [2.45, 2.75) is 37.6 Å². The van der Waals surface area contributed by atoms with Gasteiger partial charge in [0.25, 0.3) is 5.22 Å². The van der Waals surface area contributed by atoms with Crippen LogP contribution in [0.15, 0.2) is 46.3 Å². The van der Waals surface area contributed by atoms with Gasteiger partial charge in [-0.3, -0.25) is 4.68 Å². The number of carbonyl (C=O) groups is 1. The van der Waals surface area contributed by atoms with Crippen LogP contribution in [0.5, 0.6) is 0 Å². The van der Waals surface area contributed by atoms with E-state index in [1.165, 1.54) is 0 Å². The van der Waals surface area contributed by atoms with Crippen LogP contribution in [0.25, 0.3) is 11.1 Å². The van der Waals surface area contributed by atoms with Crippen molar-refractivity contribution in [3.8, 4) is 0 Å². The van der Waals surface area contributed by atoms with Crippen LogP contribution in [0, 0.1) is 0 Å². The minimum absolute atomic E-state index is 0.0818. The molecule has 0 aliphatic carbocycles. The number of likely N-dealkylation sites (tertiary alicyclic amines) is 1. The molecule has 1 atom stereocenters. The maximum atomic E-state index is 12.7. The summed E-state index contributed by atoms with van der Waals surface area (Å²) in [5.41, 5.74) is 2.21. The van der Waals surface area contributed by atoms with Crippen molar-refractivity contribution in [2.75, 3.05) is 17.6 Å². The standard InChI is InChI=1S/C18H21N5O2S/c1-2-26-18-21-15-7-6-13(11-16(15)25-18)20-17(24)23-10-3-5-14(23)12-22-9-4-8-19-22/h4,6-9,11,14H,2-3,5,10,12H2,1H3,(H,20,24)/t14-/m1/s1. The Hall–Kier alpha value is -2.48. The molecule has 7 nitrogen and oxygen atoms in total. The largest absolute Gasteiger partial charge is 0.431 e. The molecule has 2 amide bonds. The predicted molar refractivity (Wildman–Crippen MR) is 101 cm³/mol. The third-order valence-electron chi connectivity index (χ3n) is 4.48. The van der Waals surface area contributed by atoms with Crippen LogP contribution in [0.3, 0.4) is 0 Å². The van der Waals surface area contributed by atoms with Gasteiger partial charge in [0.15, 0.2) is 5.58 Å². The van der Waals surface area contributed by atoms with E-state index < -0.39 is 0 Å². The first kappa shape index (κ1) is 17.0. The summed E-state index contributed by atoms with van der Waals surface area (Å²) in [5.74, 6) is 0.906. The summed E-state index contributed by atoms with van der Waals surface area (Å²) in [7, 11) is 0. The van der Waals surface area contributed by atoms with Crippen LogP contribution in [-0.2, 0) is 6.54 Å². The maximum Gasteiger partial charge on any atom is 0.322 e. The Bertz CT molecular complexity index is 892. The fraction of sp³-hybridized carbons (Fsp3) is 0.389. The third-order valence-corrected chi connectivity index (χ3v) is 5.19. The van der Waals surface area contributed by atoms with Crippen LogP contribution >= 0.6 is 11.8 Å². The van der Waals surface area contributed by atoms with Gasteiger partial charge in [0, 0.05) is 30.7 Å². The summed E-state index contributed by atoms with van der Waals surface area (Å²) in [6, 6.07) is 7.55. The molecule has 1 saturated heterocycles. The molecule has 3 aromatic rings. The molecular formula is C18H21N5O2S. The van der Waals surface area contributed by atoms with Crippen molar-refractivity contribution in [2.24, 2.45) is 0 Å². The van der Waals surface area contributed by atoms with Crippen molar-refractivity contribution in [1.29, 1.82) is 0 Å². The van der Waals surface area contributed by atoms with Crippen molar-refractivity contribution in [1.82, 2.24) is 19.7 Å². The first-order valence-corrected chi connectivity index (χ1v) is 9.80. The number of nitrogens with one attached hydrogen (secondary N) is 1. The van der Waals surface area contributed by atoms with Gasteiger partial charge in [0.1, 0.15) is 5.52 Å². The molecule has 4 rings (SSSR count). The second-order valence-electron chi connectivity index (χ2n) is 6.24. The molecule has 0 spiro atoms. The lowest BCUT2D eigenvalue weighted by molar-refractivity contribution is 0.199. The second-order valence-corrected chi connectivity index (χ2v) is 7.46. The highest BCUT2D eigenvalue weighted by atomic mass is 32.2. The highest BCUT2D eigenvalue weighted by Crippen LogP contribution is 2.26. The third kappa shape index (κ3) is 3.55. The number of hydrogen-bond donors (Lipinski definition) is 1. The van der Waals surface area contributed by atoms with Crippen molar-refractivity contribution >= 4 is 34.6 Å². The number of rotatable bonds is 5. The number of carbonyl (C=O) groups excluding carboxylic acids is 1. The van der Waals surface area contributed by atoms with Crippen molar-refractivity contribution in [3.63, 3.8) is 0 Å². The summed E-state index contributed by atoms with van der Waals surface area (Å²) in [6.07, 6.45) is 5.69. The van der Waals surface area contributed by atoms with E-state index in [1.54, 1.807) is 18.0 Å². The van der Waals surface area contributed by atoms with E-state index >= 15 is 0 Å². The maximum absolute atomic E-state index is 12.7. The lowest BCUT2D eigenvalue weighted by atomic mass is 10.2. The van der Waals surface area contributed by atoms with Crippen LogP contribution < -0.4 is 5.32 Å².